The minimum Gasteiger partial charge on any atom is -0.490 e. The van der Waals surface area contributed by atoms with E-state index in [-0.39, 0.29) is 5.82 Å². The first-order valence-corrected chi connectivity index (χ1v) is 7.87. The average Bonchev–Trinajstić information content (AvgIpc) is 2.44. The predicted octanol–water partition coefficient (Wildman–Crippen LogP) is 4.70. The Morgan fingerprint density at radius 1 is 1.29 bits per heavy atom. The molecule has 0 atom stereocenters. The van der Waals surface area contributed by atoms with Gasteiger partial charge in [-0.15, -0.1) is 6.58 Å². The Hall–Kier alpha value is -1.35. The molecular formula is C18H28FNO. The molecule has 0 aromatic heterocycles. The molecule has 0 unspecified atom stereocenters. The van der Waals surface area contributed by atoms with E-state index in [1.54, 1.807) is 6.07 Å². The van der Waals surface area contributed by atoms with Crippen molar-refractivity contribution in [2.24, 2.45) is 5.92 Å². The Morgan fingerprint density at radius 2 is 2.10 bits per heavy atom. The highest BCUT2D eigenvalue weighted by Gasteiger charge is 2.09. The van der Waals surface area contributed by atoms with Crippen LogP contribution in [-0.4, -0.2) is 13.2 Å². The fourth-order valence-corrected chi connectivity index (χ4v) is 2.09. The minimum atomic E-state index is -0.273. The lowest BCUT2D eigenvalue weighted by Crippen LogP contribution is -2.19. The van der Waals surface area contributed by atoms with E-state index in [0.29, 0.717) is 24.8 Å². The summed E-state index contributed by atoms with van der Waals surface area (Å²) in [7, 11) is 0. The van der Waals surface area contributed by atoms with Crippen molar-refractivity contribution in [3.8, 4) is 5.75 Å². The second kappa shape index (κ2) is 10.4. The Bertz CT molecular complexity index is 418. The van der Waals surface area contributed by atoms with E-state index in [0.717, 1.165) is 37.8 Å². The number of rotatable bonds is 11. The Kier molecular flexibility index (Phi) is 8.76. The Labute approximate surface area is 128 Å². The van der Waals surface area contributed by atoms with Crippen LogP contribution in [0.1, 0.15) is 45.1 Å². The third-order valence-corrected chi connectivity index (χ3v) is 3.22. The molecule has 1 N–H and O–H groups in total. The highest BCUT2D eigenvalue weighted by molar-refractivity contribution is 5.34. The molecule has 21 heavy (non-hydrogen) atoms. The third kappa shape index (κ3) is 7.28. The summed E-state index contributed by atoms with van der Waals surface area (Å²) in [5.41, 5.74) is 0.891. The van der Waals surface area contributed by atoms with Gasteiger partial charge in [0, 0.05) is 12.1 Å². The van der Waals surface area contributed by atoms with Crippen molar-refractivity contribution in [3.63, 3.8) is 0 Å². The Morgan fingerprint density at radius 3 is 2.81 bits per heavy atom. The summed E-state index contributed by atoms with van der Waals surface area (Å²) in [6.07, 6.45) is 6.11. The summed E-state index contributed by atoms with van der Waals surface area (Å²) in [6, 6.07) is 5.11. The monoisotopic (exact) mass is 293 g/mol. The quantitative estimate of drug-likeness (QED) is 0.472. The number of nitrogens with one attached hydrogen (secondary N) is 1. The van der Waals surface area contributed by atoms with Crippen molar-refractivity contribution < 1.29 is 9.13 Å². The van der Waals surface area contributed by atoms with Gasteiger partial charge in [0.1, 0.15) is 0 Å². The zero-order valence-electron chi connectivity index (χ0n) is 13.3. The maximum atomic E-state index is 13.9. The van der Waals surface area contributed by atoms with E-state index in [2.05, 4.69) is 25.7 Å². The van der Waals surface area contributed by atoms with E-state index in [1.165, 1.54) is 6.07 Å². The van der Waals surface area contributed by atoms with Crippen LogP contribution in [0.15, 0.2) is 30.9 Å². The molecule has 118 valence electrons. The number of hydrogen-bond donors (Lipinski definition) is 1. The Balaban J connectivity index is 2.45. The number of allylic oxidation sites excluding steroid dienone is 1. The molecule has 0 aliphatic rings. The second-order valence-electron chi connectivity index (χ2n) is 5.74. The van der Waals surface area contributed by atoms with Crippen molar-refractivity contribution in [1.29, 1.82) is 0 Å². The number of benzene rings is 1. The van der Waals surface area contributed by atoms with Crippen LogP contribution in [0.2, 0.25) is 0 Å². The third-order valence-electron chi connectivity index (χ3n) is 3.22. The average molecular weight is 293 g/mol. The molecule has 0 amide bonds. The molecule has 0 fully saturated rings. The summed E-state index contributed by atoms with van der Waals surface area (Å²) in [6.45, 7) is 10.1. The zero-order chi connectivity index (χ0) is 15.5. The first-order valence-electron chi connectivity index (χ1n) is 7.87. The summed E-state index contributed by atoms with van der Waals surface area (Å²) >= 11 is 0. The largest absolute Gasteiger partial charge is 0.490 e. The van der Waals surface area contributed by atoms with Crippen LogP contribution < -0.4 is 10.1 Å². The molecular weight excluding hydrogens is 265 g/mol. The molecule has 0 radical (unpaired) electrons. The summed E-state index contributed by atoms with van der Waals surface area (Å²) in [5.74, 6) is 0.704. The van der Waals surface area contributed by atoms with Gasteiger partial charge in [-0.05, 0) is 44.2 Å². The lowest BCUT2D eigenvalue weighted by atomic mass is 10.1. The standard InChI is InChI=1S/C18H28FNO/c1-4-5-6-7-8-12-21-18-16(10-9-11-17(18)19)14-20-13-15(2)3/h4,9-11,15,20H,1,5-8,12-14H2,2-3H3. The van der Waals surface area contributed by atoms with Gasteiger partial charge in [0.25, 0.3) is 0 Å². The SMILES string of the molecule is C=CCCCCCOc1c(F)cccc1CNCC(C)C. The van der Waals surface area contributed by atoms with Gasteiger partial charge in [-0.2, -0.15) is 0 Å². The predicted molar refractivity (Wildman–Crippen MR) is 87.1 cm³/mol. The van der Waals surface area contributed by atoms with Gasteiger partial charge in [0.05, 0.1) is 6.61 Å². The minimum absolute atomic E-state index is 0.273. The molecule has 0 bridgehead atoms. The van der Waals surface area contributed by atoms with Crippen LogP contribution in [0, 0.1) is 11.7 Å². The van der Waals surface area contributed by atoms with E-state index in [4.69, 9.17) is 4.74 Å². The molecule has 0 saturated heterocycles. The lowest BCUT2D eigenvalue weighted by molar-refractivity contribution is 0.287. The smallest absolute Gasteiger partial charge is 0.165 e. The van der Waals surface area contributed by atoms with Crippen molar-refractivity contribution in [2.45, 2.75) is 46.1 Å². The molecule has 2 nitrogen and oxygen atoms in total. The van der Waals surface area contributed by atoms with Crippen LogP contribution in [0.5, 0.6) is 5.75 Å². The topological polar surface area (TPSA) is 21.3 Å². The van der Waals surface area contributed by atoms with Gasteiger partial charge >= 0.3 is 0 Å². The first-order chi connectivity index (χ1) is 10.1. The lowest BCUT2D eigenvalue weighted by Gasteiger charge is -2.14. The van der Waals surface area contributed by atoms with Crippen molar-refractivity contribution >= 4 is 0 Å². The molecule has 1 aromatic rings. The number of para-hydroxylation sites is 1. The molecule has 0 spiro atoms. The number of ether oxygens (including phenoxy) is 1. The summed E-state index contributed by atoms with van der Waals surface area (Å²) < 4.78 is 19.6. The van der Waals surface area contributed by atoms with E-state index >= 15 is 0 Å². The van der Waals surface area contributed by atoms with Gasteiger partial charge in [-0.1, -0.05) is 32.1 Å². The van der Waals surface area contributed by atoms with Crippen LogP contribution in [-0.2, 0) is 6.54 Å². The van der Waals surface area contributed by atoms with Gasteiger partial charge in [-0.25, -0.2) is 4.39 Å². The fourth-order valence-electron chi connectivity index (χ4n) is 2.09. The van der Waals surface area contributed by atoms with Crippen molar-refractivity contribution in [3.05, 3.63) is 42.2 Å². The van der Waals surface area contributed by atoms with Gasteiger partial charge in [0.15, 0.2) is 11.6 Å². The van der Waals surface area contributed by atoms with Gasteiger partial charge < -0.3 is 10.1 Å². The molecule has 0 heterocycles. The molecule has 1 rings (SSSR count). The van der Waals surface area contributed by atoms with Crippen LogP contribution in [0.4, 0.5) is 4.39 Å². The number of unbranched alkanes of at least 4 members (excludes halogenated alkanes) is 3. The molecule has 0 aliphatic carbocycles. The number of halogens is 1. The molecule has 3 heteroatoms. The van der Waals surface area contributed by atoms with Gasteiger partial charge in [0.2, 0.25) is 0 Å². The van der Waals surface area contributed by atoms with E-state index < -0.39 is 0 Å². The first kappa shape index (κ1) is 17.7. The second-order valence-corrected chi connectivity index (χ2v) is 5.74. The number of hydrogen-bond acceptors (Lipinski definition) is 2. The summed E-state index contributed by atoms with van der Waals surface area (Å²) in [4.78, 5) is 0. The maximum absolute atomic E-state index is 13.9. The maximum Gasteiger partial charge on any atom is 0.165 e. The van der Waals surface area contributed by atoms with Crippen LogP contribution >= 0.6 is 0 Å². The summed E-state index contributed by atoms with van der Waals surface area (Å²) in [5, 5.41) is 3.33. The van der Waals surface area contributed by atoms with E-state index in [9.17, 15) is 4.39 Å². The van der Waals surface area contributed by atoms with Crippen molar-refractivity contribution in [2.75, 3.05) is 13.2 Å². The van der Waals surface area contributed by atoms with Crippen molar-refractivity contribution in [1.82, 2.24) is 5.32 Å². The van der Waals surface area contributed by atoms with Gasteiger partial charge in [-0.3, -0.25) is 0 Å². The van der Waals surface area contributed by atoms with Crippen LogP contribution in [0.25, 0.3) is 0 Å². The highest BCUT2D eigenvalue weighted by atomic mass is 19.1. The molecule has 0 saturated carbocycles. The molecule has 1 aromatic carbocycles. The molecule has 0 aliphatic heterocycles. The van der Waals surface area contributed by atoms with Crippen LogP contribution in [0.3, 0.4) is 0 Å². The highest BCUT2D eigenvalue weighted by Crippen LogP contribution is 2.23. The van der Waals surface area contributed by atoms with E-state index in [1.807, 2.05) is 12.1 Å². The fraction of sp³-hybridized carbons (Fsp3) is 0.556. The zero-order valence-corrected chi connectivity index (χ0v) is 13.3. The normalized spacial score (nSPS) is 10.9.